The van der Waals surface area contributed by atoms with Gasteiger partial charge in [-0.3, -0.25) is 9.59 Å². The summed E-state index contributed by atoms with van der Waals surface area (Å²) in [5.41, 5.74) is 1.86. The Hall–Kier alpha value is -2.47. The Bertz CT molecular complexity index is 929. The Kier molecular flexibility index (Phi) is 4.76. The molecule has 0 radical (unpaired) electrons. The molecule has 24 heavy (non-hydrogen) atoms. The molecule has 0 aliphatic rings. The minimum Gasteiger partial charge on any atom is -0.351 e. The number of nitrogens with zero attached hydrogens (tertiary/aromatic N) is 2. The zero-order valence-electron chi connectivity index (χ0n) is 13.7. The van der Waals surface area contributed by atoms with Crippen LogP contribution in [0.5, 0.6) is 0 Å². The average Bonchev–Trinajstić information content (AvgIpc) is 2.93. The van der Waals surface area contributed by atoms with Crippen LogP contribution in [0.3, 0.4) is 0 Å². The molecule has 0 bridgehead atoms. The van der Waals surface area contributed by atoms with Gasteiger partial charge < -0.3 is 9.88 Å². The molecule has 6 heteroatoms. The Balaban J connectivity index is 1.67. The summed E-state index contributed by atoms with van der Waals surface area (Å²) in [5.74, 6) is -0.134. The maximum atomic E-state index is 12.4. The van der Waals surface area contributed by atoms with Crippen LogP contribution in [0.1, 0.15) is 27.2 Å². The lowest BCUT2D eigenvalue weighted by Crippen LogP contribution is -2.24. The Morgan fingerprint density at radius 2 is 2.04 bits per heavy atom. The van der Waals surface area contributed by atoms with E-state index in [0.717, 1.165) is 12.8 Å². The Labute approximate surface area is 144 Å². The van der Waals surface area contributed by atoms with Crippen molar-refractivity contribution in [3.63, 3.8) is 0 Å². The standard InChI is InChI=1S/C18H19N3O2S/c1-12-14-17(20-11-21(2)18(14)23)24-15(12)16(22)19-10-6-9-13-7-4-3-5-8-13/h3-5,7-8,11H,6,9-10H2,1-2H3,(H,19,22). The molecule has 5 nitrogen and oxygen atoms in total. The first-order chi connectivity index (χ1) is 11.6. The van der Waals surface area contributed by atoms with Gasteiger partial charge in [0.25, 0.3) is 11.5 Å². The topological polar surface area (TPSA) is 64.0 Å². The van der Waals surface area contributed by atoms with E-state index < -0.39 is 0 Å². The smallest absolute Gasteiger partial charge is 0.262 e. The van der Waals surface area contributed by atoms with E-state index in [1.54, 1.807) is 14.0 Å². The lowest BCUT2D eigenvalue weighted by Gasteiger charge is -2.04. The van der Waals surface area contributed by atoms with Crippen molar-refractivity contribution in [1.29, 1.82) is 0 Å². The van der Waals surface area contributed by atoms with Gasteiger partial charge in [0.05, 0.1) is 16.6 Å². The summed E-state index contributed by atoms with van der Waals surface area (Å²) in [6.45, 7) is 2.41. The molecule has 1 N–H and O–H groups in total. The minimum atomic E-state index is -0.134. The van der Waals surface area contributed by atoms with Crippen molar-refractivity contribution in [3.8, 4) is 0 Å². The first-order valence-corrected chi connectivity index (χ1v) is 8.66. The molecule has 3 rings (SSSR count). The molecule has 0 unspecified atom stereocenters. The van der Waals surface area contributed by atoms with Crippen molar-refractivity contribution in [2.24, 2.45) is 7.05 Å². The number of benzene rings is 1. The fourth-order valence-electron chi connectivity index (χ4n) is 2.64. The molecule has 2 aromatic heterocycles. The molecule has 0 saturated carbocycles. The van der Waals surface area contributed by atoms with Crippen molar-refractivity contribution < 1.29 is 4.79 Å². The van der Waals surface area contributed by atoms with Gasteiger partial charge in [0.1, 0.15) is 4.83 Å². The number of carbonyl (C=O) groups is 1. The fraction of sp³-hybridized carbons (Fsp3) is 0.278. The predicted molar refractivity (Wildman–Crippen MR) is 96.7 cm³/mol. The van der Waals surface area contributed by atoms with Gasteiger partial charge in [-0.15, -0.1) is 11.3 Å². The van der Waals surface area contributed by atoms with Crippen LogP contribution >= 0.6 is 11.3 Å². The zero-order valence-corrected chi connectivity index (χ0v) is 14.5. The normalized spacial score (nSPS) is 10.9. The van der Waals surface area contributed by atoms with Crippen molar-refractivity contribution in [3.05, 3.63) is 63.0 Å². The lowest BCUT2D eigenvalue weighted by atomic mass is 10.1. The van der Waals surface area contributed by atoms with Crippen molar-refractivity contribution in [2.45, 2.75) is 19.8 Å². The maximum Gasteiger partial charge on any atom is 0.262 e. The number of hydrogen-bond donors (Lipinski definition) is 1. The molecular formula is C18H19N3O2S. The molecule has 0 aliphatic carbocycles. The number of aryl methyl sites for hydroxylation is 3. The molecule has 1 aromatic carbocycles. The summed E-state index contributed by atoms with van der Waals surface area (Å²) < 4.78 is 1.43. The summed E-state index contributed by atoms with van der Waals surface area (Å²) >= 11 is 1.27. The van der Waals surface area contributed by atoms with E-state index in [1.165, 1.54) is 27.8 Å². The summed E-state index contributed by atoms with van der Waals surface area (Å²) in [6.07, 6.45) is 3.29. The number of hydrogen-bond acceptors (Lipinski definition) is 4. The van der Waals surface area contributed by atoms with Crippen molar-refractivity contribution in [1.82, 2.24) is 14.9 Å². The largest absolute Gasteiger partial charge is 0.351 e. The molecule has 124 valence electrons. The molecule has 0 aliphatic heterocycles. The summed E-state index contributed by atoms with van der Waals surface area (Å²) in [4.78, 5) is 30.0. The number of carbonyl (C=O) groups excluding carboxylic acids is 1. The third-order valence-electron chi connectivity index (χ3n) is 3.99. The predicted octanol–water partition coefficient (Wildman–Crippen LogP) is 2.67. The summed E-state index contributed by atoms with van der Waals surface area (Å²) in [5, 5.41) is 3.48. The second kappa shape index (κ2) is 6.97. The van der Waals surface area contributed by atoms with Crippen LogP contribution in [0.15, 0.2) is 41.5 Å². The first-order valence-electron chi connectivity index (χ1n) is 7.85. The third-order valence-corrected chi connectivity index (χ3v) is 5.19. The van der Waals surface area contributed by atoms with Gasteiger partial charge in [-0.05, 0) is 30.9 Å². The molecule has 3 aromatic rings. The van der Waals surface area contributed by atoms with Crippen LogP contribution in [-0.2, 0) is 13.5 Å². The molecule has 0 fully saturated rings. The van der Waals surface area contributed by atoms with Crippen LogP contribution in [0, 0.1) is 6.92 Å². The quantitative estimate of drug-likeness (QED) is 0.726. The van der Waals surface area contributed by atoms with E-state index in [1.807, 2.05) is 18.2 Å². The maximum absolute atomic E-state index is 12.4. The van der Waals surface area contributed by atoms with E-state index in [0.29, 0.717) is 27.2 Å². The zero-order chi connectivity index (χ0) is 17.1. The lowest BCUT2D eigenvalue weighted by molar-refractivity contribution is 0.0957. The monoisotopic (exact) mass is 341 g/mol. The fourth-order valence-corrected chi connectivity index (χ4v) is 3.70. The molecule has 0 atom stereocenters. The van der Waals surface area contributed by atoms with Crippen LogP contribution in [0.4, 0.5) is 0 Å². The number of amides is 1. The van der Waals surface area contributed by atoms with Gasteiger partial charge in [0.15, 0.2) is 0 Å². The van der Waals surface area contributed by atoms with Crippen molar-refractivity contribution in [2.75, 3.05) is 6.54 Å². The van der Waals surface area contributed by atoms with Crippen LogP contribution < -0.4 is 10.9 Å². The highest BCUT2D eigenvalue weighted by Gasteiger charge is 2.18. The minimum absolute atomic E-state index is 0.114. The molecular weight excluding hydrogens is 322 g/mol. The second-order valence-corrected chi connectivity index (χ2v) is 6.74. The van der Waals surface area contributed by atoms with E-state index in [-0.39, 0.29) is 11.5 Å². The summed E-state index contributed by atoms with van der Waals surface area (Å²) in [7, 11) is 1.66. The highest BCUT2D eigenvalue weighted by molar-refractivity contribution is 7.20. The highest BCUT2D eigenvalue weighted by Crippen LogP contribution is 2.26. The molecule has 0 spiro atoms. The first kappa shape index (κ1) is 16.4. The van der Waals surface area contributed by atoms with Gasteiger partial charge in [-0.1, -0.05) is 30.3 Å². The molecule has 1 amide bonds. The highest BCUT2D eigenvalue weighted by atomic mass is 32.1. The van der Waals surface area contributed by atoms with Gasteiger partial charge >= 0.3 is 0 Å². The number of rotatable bonds is 5. The van der Waals surface area contributed by atoms with E-state index >= 15 is 0 Å². The number of thiophene rings is 1. The van der Waals surface area contributed by atoms with Gasteiger partial charge in [-0.2, -0.15) is 0 Å². The number of fused-ring (bicyclic) bond motifs is 1. The van der Waals surface area contributed by atoms with Crippen LogP contribution in [-0.4, -0.2) is 22.0 Å². The molecule has 2 heterocycles. The van der Waals surface area contributed by atoms with E-state index in [2.05, 4.69) is 22.4 Å². The second-order valence-electron chi connectivity index (χ2n) is 5.74. The third kappa shape index (κ3) is 3.23. The Morgan fingerprint density at radius 1 is 1.29 bits per heavy atom. The summed E-state index contributed by atoms with van der Waals surface area (Å²) in [6, 6.07) is 10.2. The van der Waals surface area contributed by atoms with Crippen LogP contribution in [0.25, 0.3) is 10.2 Å². The Morgan fingerprint density at radius 3 is 2.79 bits per heavy atom. The van der Waals surface area contributed by atoms with Gasteiger partial charge in [0.2, 0.25) is 0 Å². The van der Waals surface area contributed by atoms with E-state index in [4.69, 9.17) is 0 Å². The van der Waals surface area contributed by atoms with E-state index in [9.17, 15) is 9.59 Å². The average molecular weight is 341 g/mol. The van der Waals surface area contributed by atoms with Crippen molar-refractivity contribution >= 4 is 27.5 Å². The van der Waals surface area contributed by atoms with Crippen LogP contribution in [0.2, 0.25) is 0 Å². The van der Waals surface area contributed by atoms with Gasteiger partial charge in [-0.25, -0.2) is 4.98 Å². The molecule has 0 saturated heterocycles. The number of aromatic nitrogens is 2. The SMILES string of the molecule is Cc1c(C(=O)NCCCc2ccccc2)sc2ncn(C)c(=O)c12. The number of nitrogens with one attached hydrogen (secondary N) is 1. The van der Waals surface area contributed by atoms with Gasteiger partial charge in [0, 0.05) is 13.6 Å².